The van der Waals surface area contributed by atoms with Crippen molar-refractivity contribution in [3.8, 4) is 0 Å². The summed E-state index contributed by atoms with van der Waals surface area (Å²) >= 11 is 0. The number of aromatic nitrogens is 2. The van der Waals surface area contributed by atoms with E-state index in [1.807, 2.05) is 18.5 Å². The maximum Gasteiger partial charge on any atom is 0.225 e. The Bertz CT molecular complexity index is 642. The highest BCUT2D eigenvalue weighted by Crippen LogP contribution is 2.18. The van der Waals surface area contributed by atoms with E-state index in [-0.39, 0.29) is 0 Å². The smallest absolute Gasteiger partial charge is 0.225 e. The molecule has 2 saturated heterocycles. The van der Waals surface area contributed by atoms with E-state index in [0.717, 1.165) is 77.2 Å². The van der Waals surface area contributed by atoms with E-state index in [4.69, 9.17) is 4.99 Å². The van der Waals surface area contributed by atoms with Crippen LogP contribution in [0.2, 0.25) is 0 Å². The highest BCUT2D eigenvalue weighted by atomic mass is 15.3. The van der Waals surface area contributed by atoms with Crippen LogP contribution < -0.4 is 15.5 Å². The van der Waals surface area contributed by atoms with Gasteiger partial charge >= 0.3 is 0 Å². The Morgan fingerprint density at radius 3 is 2.53 bits per heavy atom. The van der Waals surface area contributed by atoms with Crippen molar-refractivity contribution in [2.45, 2.75) is 46.2 Å². The van der Waals surface area contributed by atoms with Crippen molar-refractivity contribution in [1.82, 2.24) is 30.4 Å². The minimum atomic E-state index is 0.471. The van der Waals surface area contributed by atoms with Crippen LogP contribution in [-0.4, -0.2) is 96.7 Å². The summed E-state index contributed by atoms with van der Waals surface area (Å²) in [7, 11) is 0. The van der Waals surface area contributed by atoms with E-state index in [0.29, 0.717) is 18.0 Å². The molecule has 0 radical (unpaired) electrons. The summed E-state index contributed by atoms with van der Waals surface area (Å²) < 4.78 is 0. The van der Waals surface area contributed by atoms with Crippen LogP contribution in [0.1, 0.15) is 34.1 Å². The number of aliphatic imine (C=N–C) groups is 1. The number of rotatable bonds is 8. The number of likely N-dealkylation sites (tertiary alicyclic amines) is 1. The molecule has 0 aliphatic carbocycles. The minimum Gasteiger partial charge on any atom is -0.357 e. The lowest BCUT2D eigenvalue weighted by molar-refractivity contribution is 0.255. The molecule has 8 nitrogen and oxygen atoms in total. The predicted octanol–water partition coefficient (Wildman–Crippen LogP) is 1.27. The van der Waals surface area contributed by atoms with Crippen molar-refractivity contribution in [3.05, 3.63) is 18.5 Å². The topological polar surface area (TPSA) is 71.9 Å². The molecule has 2 N–H and O–H groups in total. The molecule has 0 amide bonds. The Hall–Kier alpha value is -1.93. The maximum absolute atomic E-state index is 4.85. The highest BCUT2D eigenvalue weighted by molar-refractivity contribution is 5.80. The quantitative estimate of drug-likeness (QED) is 0.376. The van der Waals surface area contributed by atoms with Crippen LogP contribution in [0.3, 0.4) is 0 Å². The SMILES string of the molecule is CCNC(=NCCCN1CCN(c2ncccn2)CC1)NC1CN(C(C)C)CC1C. The molecule has 3 rings (SSSR count). The van der Waals surface area contributed by atoms with Crippen molar-refractivity contribution in [1.29, 1.82) is 0 Å². The average Bonchev–Trinajstić information content (AvgIpc) is 3.13. The summed E-state index contributed by atoms with van der Waals surface area (Å²) in [5.74, 6) is 2.45. The molecule has 0 saturated carbocycles. The van der Waals surface area contributed by atoms with Gasteiger partial charge in [0.05, 0.1) is 0 Å². The van der Waals surface area contributed by atoms with Crippen molar-refractivity contribution < 1.29 is 0 Å². The van der Waals surface area contributed by atoms with E-state index < -0.39 is 0 Å². The molecule has 2 unspecified atom stereocenters. The second kappa shape index (κ2) is 11.5. The Labute approximate surface area is 182 Å². The van der Waals surface area contributed by atoms with Crippen LogP contribution in [0, 0.1) is 5.92 Å². The zero-order valence-corrected chi connectivity index (χ0v) is 19.2. The van der Waals surface area contributed by atoms with Crippen LogP contribution in [0.25, 0.3) is 0 Å². The highest BCUT2D eigenvalue weighted by Gasteiger charge is 2.31. The van der Waals surface area contributed by atoms with Gasteiger partial charge in [0.25, 0.3) is 0 Å². The van der Waals surface area contributed by atoms with Gasteiger partial charge in [-0.25, -0.2) is 9.97 Å². The van der Waals surface area contributed by atoms with Crippen LogP contribution in [0.4, 0.5) is 5.95 Å². The van der Waals surface area contributed by atoms with E-state index in [9.17, 15) is 0 Å². The van der Waals surface area contributed by atoms with Crippen molar-refractivity contribution in [2.75, 3.05) is 63.8 Å². The van der Waals surface area contributed by atoms with Gasteiger partial charge in [0.15, 0.2) is 5.96 Å². The van der Waals surface area contributed by atoms with Crippen molar-refractivity contribution in [2.24, 2.45) is 10.9 Å². The Morgan fingerprint density at radius 2 is 1.90 bits per heavy atom. The summed E-state index contributed by atoms with van der Waals surface area (Å²) in [4.78, 5) is 20.9. The van der Waals surface area contributed by atoms with E-state index in [1.54, 1.807) is 0 Å². The first-order chi connectivity index (χ1) is 14.6. The molecular weight excluding hydrogens is 376 g/mol. The number of guanidine groups is 1. The van der Waals surface area contributed by atoms with E-state index >= 15 is 0 Å². The van der Waals surface area contributed by atoms with Crippen molar-refractivity contribution in [3.63, 3.8) is 0 Å². The predicted molar refractivity (Wildman–Crippen MR) is 124 cm³/mol. The summed E-state index contributed by atoms with van der Waals surface area (Å²) in [6.45, 7) is 18.2. The standard InChI is InChI=1S/C22H40N8/c1-5-23-21(27-20-17-30(18(2)3)16-19(20)4)24-10-7-11-28-12-14-29(15-13-28)22-25-8-6-9-26-22/h6,8-9,18-20H,5,7,10-17H2,1-4H3,(H2,23,24,27). The average molecular weight is 417 g/mol. The maximum atomic E-state index is 4.85. The first kappa shape index (κ1) is 22.7. The van der Waals surface area contributed by atoms with Crippen LogP contribution in [-0.2, 0) is 0 Å². The Morgan fingerprint density at radius 1 is 1.17 bits per heavy atom. The molecule has 2 aliphatic rings. The molecule has 1 aromatic heterocycles. The van der Waals surface area contributed by atoms with Gasteiger partial charge < -0.3 is 15.5 Å². The third-order valence-electron chi connectivity index (χ3n) is 6.15. The lowest BCUT2D eigenvalue weighted by Gasteiger charge is -2.34. The summed E-state index contributed by atoms with van der Waals surface area (Å²) in [5.41, 5.74) is 0. The van der Waals surface area contributed by atoms with Gasteiger partial charge in [0, 0.05) is 83.4 Å². The van der Waals surface area contributed by atoms with Gasteiger partial charge in [0.1, 0.15) is 0 Å². The molecule has 8 heteroatoms. The number of hydrogen-bond donors (Lipinski definition) is 2. The number of nitrogens with zero attached hydrogens (tertiary/aromatic N) is 6. The molecule has 2 fully saturated rings. The van der Waals surface area contributed by atoms with Gasteiger partial charge in [-0.1, -0.05) is 6.92 Å². The first-order valence-corrected chi connectivity index (χ1v) is 11.6. The first-order valence-electron chi connectivity index (χ1n) is 11.6. The van der Waals surface area contributed by atoms with Gasteiger partial charge in [-0.3, -0.25) is 14.8 Å². The van der Waals surface area contributed by atoms with Crippen LogP contribution >= 0.6 is 0 Å². The second-order valence-electron chi connectivity index (χ2n) is 8.77. The second-order valence-corrected chi connectivity index (χ2v) is 8.77. The largest absolute Gasteiger partial charge is 0.357 e. The molecule has 30 heavy (non-hydrogen) atoms. The molecule has 168 valence electrons. The lowest BCUT2D eigenvalue weighted by atomic mass is 10.1. The molecular formula is C22H40N8. The van der Waals surface area contributed by atoms with Gasteiger partial charge in [-0.15, -0.1) is 0 Å². The van der Waals surface area contributed by atoms with Gasteiger partial charge in [-0.05, 0) is 39.2 Å². The fraction of sp³-hybridized carbons (Fsp3) is 0.773. The zero-order valence-electron chi connectivity index (χ0n) is 19.2. The number of anilines is 1. The van der Waals surface area contributed by atoms with Crippen LogP contribution in [0.5, 0.6) is 0 Å². The fourth-order valence-corrected chi connectivity index (χ4v) is 4.22. The number of nitrogens with one attached hydrogen (secondary N) is 2. The Kier molecular flexibility index (Phi) is 8.69. The normalized spacial score (nSPS) is 23.9. The van der Waals surface area contributed by atoms with Gasteiger partial charge in [0.2, 0.25) is 5.95 Å². The van der Waals surface area contributed by atoms with Gasteiger partial charge in [-0.2, -0.15) is 0 Å². The minimum absolute atomic E-state index is 0.471. The van der Waals surface area contributed by atoms with Crippen molar-refractivity contribution >= 4 is 11.9 Å². The molecule has 1 aromatic rings. The van der Waals surface area contributed by atoms with Crippen LogP contribution in [0.15, 0.2) is 23.5 Å². The zero-order chi connectivity index (χ0) is 21.3. The third-order valence-corrected chi connectivity index (χ3v) is 6.15. The molecule has 3 heterocycles. The summed E-state index contributed by atoms with van der Waals surface area (Å²) in [6.07, 6.45) is 4.71. The Balaban J connectivity index is 1.39. The molecule has 2 aliphatic heterocycles. The molecule has 0 bridgehead atoms. The van der Waals surface area contributed by atoms with E-state index in [2.05, 4.69) is 63.0 Å². The fourth-order valence-electron chi connectivity index (χ4n) is 4.22. The third kappa shape index (κ3) is 6.54. The summed E-state index contributed by atoms with van der Waals surface area (Å²) in [6, 6.07) is 2.94. The van der Waals surface area contributed by atoms with E-state index in [1.165, 1.54) is 0 Å². The lowest BCUT2D eigenvalue weighted by Crippen LogP contribution is -2.47. The molecule has 0 spiro atoms. The summed E-state index contributed by atoms with van der Waals surface area (Å²) in [5, 5.41) is 7.10. The molecule has 0 aromatic carbocycles. The number of hydrogen-bond acceptors (Lipinski definition) is 6. The monoisotopic (exact) mass is 416 g/mol. The molecule has 2 atom stereocenters. The number of piperazine rings is 1.